The zero-order valence-corrected chi connectivity index (χ0v) is 39.2. The number of carbonyl (C=O) groups is 2. The summed E-state index contributed by atoms with van der Waals surface area (Å²) in [6.45, 7) is 4.52. The summed E-state index contributed by atoms with van der Waals surface area (Å²) in [7, 11) is 0. The molecule has 0 spiro atoms. The van der Waals surface area contributed by atoms with Crippen LogP contribution in [0.25, 0.3) is 0 Å². The van der Waals surface area contributed by atoms with Crippen LogP contribution in [-0.4, -0.2) is 22.2 Å². The number of carboxylic acid groups (broad SMARTS) is 2. The van der Waals surface area contributed by atoms with Crippen molar-refractivity contribution in [3.05, 3.63) is 24.3 Å². The standard InChI is InChI=1S/2C18H34O2.3K.3H/c2*1-2-3-4-5-6-7-8-9-10-11-12-13-14-15-16-17-18(19)20;;;;;;/h2*9-10H,2-8,11-17H2,1H3,(H,19,20);;;;;;/q;;3*+1;3*-1. The van der Waals surface area contributed by atoms with Crippen molar-refractivity contribution in [3.63, 3.8) is 0 Å². The summed E-state index contributed by atoms with van der Waals surface area (Å²) in [5, 5.41) is 17.0. The molecule has 0 bridgehead atoms. The van der Waals surface area contributed by atoms with E-state index in [0.29, 0.717) is 12.8 Å². The molecule has 0 aliphatic carbocycles. The third kappa shape index (κ3) is 61.1. The Morgan fingerprint density at radius 1 is 0.395 bits per heavy atom. The topological polar surface area (TPSA) is 74.6 Å². The summed E-state index contributed by atoms with van der Waals surface area (Å²) in [4.78, 5) is 20.6. The Hall–Kier alpha value is 3.33. The average Bonchev–Trinajstić information content (AvgIpc) is 2.93. The molecule has 0 atom stereocenters. The zero-order valence-electron chi connectivity index (χ0n) is 32.8. The van der Waals surface area contributed by atoms with Crippen molar-refractivity contribution in [1.82, 2.24) is 0 Å². The molecule has 0 aromatic rings. The Kier molecular flexibility index (Phi) is 67.6. The molecule has 0 rings (SSSR count). The molecule has 0 amide bonds. The fraction of sp³-hybridized carbons (Fsp3) is 0.833. The smallest absolute Gasteiger partial charge is 1.00 e. The molecular formula is C36H71K3O4. The number of aliphatic carboxylic acids is 2. The number of hydrogen-bond acceptors (Lipinski definition) is 2. The first-order chi connectivity index (χ1) is 19.5. The Morgan fingerprint density at radius 2 is 0.605 bits per heavy atom. The van der Waals surface area contributed by atoms with Gasteiger partial charge < -0.3 is 14.5 Å². The van der Waals surface area contributed by atoms with Gasteiger partial charge in [0.15, 0.2) is 0 Å². The van der Waals surface area contributed by atoms with Crippen LogP contribution >= 0.6 is 0 Å². The summed E-state index contributed by atoms with van der Waals surface area (Å²) in [5.41, 5.74) is 0. The van der Waals surface area contributed by atoms with Gasteiger partial charge in [0.25, 0.3) is 0 Å². The van der Waals surface area contributed by atoms with Gasteiger partial charge in [-0.2, -0.15) is 0 Å². The third-order valence-electron chi connectivity index (χ3n) is 7.30. The Balaban J connectivity index is -0.0000000926. The number of carboxylic acids is 2. The molecule has 43 heavy (non-hydrogen) atoms. The van der Waals surface area contributed by atoms with E-state index in [4.69, 9.17) is 10.2 Å². The quantitative estimate of drug-likeness (QED) is 0.0690. The molecule has 242 valence electrons. The van der Waals surface area contributed by atoms with E-state index in [1.54, 1.807) is 0 Å². The number of hydrogen-bond donors (Lipinski definition) is 2. The number of rotatable bonds is 30. The van der Waals surface area contributed by atoms with Crippen LogP contribution in [0.2, 0.25) is 0 Å². The molecule has 7 heteroatoms. The second-order valence-corrected chi connectivity index (χ2v) is 11.5. The molecule has 0 heterocycles. The second kappa shape index (κ2) is 52.1. The normalized spacial score (nSPS) is 10.5. The van der Waals surface area contributed by atoms with Crippen molar-refractivity contribution in [1.29, 1.82) is 0 Å². The van der Waals surface area contributed by atoms with Gasteiger partial charge in [0.1, 0.15) is 0 Å². The monoisotopic (exact) mass is 684 g/mol. The van der Waals surface area contributed by atoms with E-state index >= 15 is 0 Å². The molecule has 0 radical (unpaired) electrons. The van der Waals surface area contributed by atoms with Gasteiger partial charge >= 0.3 is 166 Å². The average molecular weight is 685 g/mol. The van der Waals surface area contributed by atoms with Gasteiger partial charge in [0, 0.05) is 12.8 Å². The molecular weight excluding hydrogens is 614 g/mol. The fourth-order valence-corrected chi connectivity index (χ4v) is 4.69. The van der Waals surface area contributed by atoms with Crippen LogP contribution < -0.4 is 154 Å². The summed E-state index contributed by atoms with van der Waals surface area (Å²) in [6.07, 6.45) is 42.5. The van der Waals surface area contributed by atoms with Gasteiger partial charge in [-0.25, -0.2) is 0 Å². The van der Waals surface area contributed by atoms with Crippen LogP contribution in [0.15, 0.2) is 24.3 Å². The predicted molar refractivity (Wildman–Crippen MR) is 178 cm³/mol. The SMILES string of the molecule is CCCCCCCCC=CCCCCCCCC(=O)O.CCCCCCCCC=CCCCCCCCC(=O)O.[H-].[H-].[H-].[K+].[K+].[K+]. The maximum atomic E-state index is 10.3. The minimum atomic E-state index is -0.664. The molecule has 0 saturated carbocycles. The summed E-state index contributed by atoms with van der Waals surface area (Å²) in [6, 6.07) is 0. The van der Waals surface area contributed by atoms with Crippen molar-refractivity contribution < 1.29 is 178 Å². The van der Waals surface area contributed by atoms with E-state index in [2.05, 4.69) is 38.2 Å². The Morgan fingerprint density at radius 3 is 0.837 bits per heavy atom. The van der Waals surface area contributed by atoms with Crippen LogP contribution in [0.3, 0.4) is 0 Å². The van der Waals surface area contributed by atoms with Gasteiger partial charge in [-0.1, -0.05) is 141 Å². The van der Waals surface area contributed by atoms with Gasteiger partial charge in [0.2, 0.25) is 0 Å². The van der Waals surface area contributed by atoms with Crippen LogP contribution in [0.1, 0.15) is 198 Å². The van der Waals surface area contributed by atoms with E-state index < -0.39 is 11.9 Å². The Labute approximate surface area is 400 Å². The minimum absolute atomic E-state index is 0. The molecule has 0 saturated heterocycles. The molecule has 2 N–H and O–H groups in total. The maximum Gasteiger partial charge on any atom is 1.00 e. The largest absolute Gasteiger partial charge is 1.00 e. The van der Waals surface area contributed by atoms with Gasteiger partial charge in [-0.05, 0) is 64.2 Å². The van der Waals surface area contributed by atoms with Crippen molar-refractivity contribution in [2.45, 2.75) is 194 Å². The molecule has 4 nitrogen and oxygen atoms in total. The van der Waals surface area contributed by atoms with Crippen LogP contribution in [0.4, 0.5) is 0 Å². The first-order valence-corrected chi connectivity index (χ1v) is 17.3. The van der Waals surface area contributed by atoms with Crippen molar-refractivity contribution in [2.75, 3.05) is 0 Å². The van der Waals surface area contributed by atoms with Crippen molar-refractivity contribution in [3.8, 4) is 0 Å². The van der Waals surface area contributed by atoms with E-state index in [1.807, 2.05) is 0 Å². The third-order valence-corrected chi connectivity index (χ3v) is 7.30. The van der Waals surface area contributed by atoms with E-state index in [0.717, 1.165) is 25.7 Å². The van der Waals surface area contributed by atoms with Crippen molar-refractivity contribution >= 4 is 11.9 Å². The van der Waals surface area contributed by atoms with Gasteiger partial charge in [0.05, 0.1) is 0 Å². The zero-order chi connectivity index (χ0) is 29.8. The molecule has 0 aliphatic rings. The van der Waals surface area contributed by atoms with Crippen LogP contribution in [-0.2, 0) is 9.59 Å². The summed E-state index contributed by atoms with van der Waals surface area (Å²) < 4.78 is 0. The Bertz CT molecular complexity index is 549. The maximum absolute atomic E-state index is 10.3. The molecule has 0 aromatic heterocycles. The van der Waals surface area contributed by atoms with Crippen LogP contribution in [0, 0.1) is 0 Å². The molecule has 0 aromatic carbocycles. The van der Waals surface area contributed by atoms with E-state index in [-0.39, 0.29) is 158 Å². The minimum Gasteiger partial charge on any atom is -1.00 e. The summed E-state index contributed by atoms with van der Waals surface area (Å²) in [5.74, 6) is -1.33. The number of allylic oxidation sites excluding steroid dienone is 4. The van der Waals surface area contributed by atoms with Crippen molar-refractivity contribution in [2.24, 2.45) is 0 Å². The fourth-order valence-electron chi connectivity index (χ4n) is 4.69. The molecule has 0 fully saturated rings. The molecule has 0 aliphatic heterocycles. The van der Waals surface area contributed by atoms with Gasteiger partial charge in [-0.15, -0.1) is 0 Å². The van der Waals surface area contributed by atoms with E-state index in [9.17, 15) is 9.59 Å². The second-order valence-electron chi connectivity index (χ2n) is 11.5. The molecule has 0 unspecified atom stereocenters. The first kappa shape index (κ1) is 55.7. The number of unbranched alkanes of at least 4 members (excludes halogenated alkanes) is 22. The van der Waals surface area contributed by atoms with E-state index in [1.165, 1.54) is 141 Å². The van der Waals surface area contributed by atoms with Crippen LogP contribution in [0.5, 0.6) is 0 Å². The predicted octanol–water partition coefficient (Wildman–Crippen LogP) is 3.57. The van der Waals surface area contributed by atoms with Gasteiger partial charge in [-0.3, -0.25) is 9.59 Å². The summed E-state index contributed by atoms with van der Waals surface area (Å²) >= 11 is 0. The first-order valence-electron chi connectivity index (χ1n) is 17.3.